The summed E-state index contributed by atoms with van der Waals surface area (Å²) in [6.07, 6.45) is 7.07. The second-order valence-corrected chi connectivity index (χ2v) is 7.19. The number of aromatic nitrogens is 2. The molecule has 0 bridgehead atoms. The van der Waals surface area contributed by atoms with E-state index in [1.54, 1.807) is 0 Å². The van der Waals surface area contributed by atoms with E-state index in [0.717, 1.165) is 36.5 Å². The van der Waals surface area contributed by atoms with Crippen LogP contribution in [0.25, 0.3) is 0 Å². The number of anilines is 2. The van der Waals surface area contributed by atoms with Crippen LogP contribution in [-0.2, 0) is 6.42 Å². The van der Waals surface area contributed by atoms with Crippen molar-refractivity contribution in [3.05, 3.63) is 40.8 Å². The number of carbonyl (C=O) groups excluding carboxylic acids is 2. The Balaban J connectivity index is 1.77. The molecule has 2 aromatic rings. The van der Waals surface area contributed by atoms with E-state index in [-0.39, 0.29) is 11.7 Å². The molecule has 1 amide bonds. The summed E-state index contributed by atoms with van der Waals surface area (Å²) in [7, 11) is 0. The molecule has 0 unspecified atom stereocenters. The van der Waals surface area contributed by atoms with Crippen LogP contribution in [-0.4, -0.2) is 34.7 Å². The molecule has 2 N–H and O–H groups in total. The fourth-order valence-electron chi connectivity index (χ4n) is 3.83. The van der Waals surface area contributed by atoms with Gasteiger partial charge in [-0.1, -0.05) is 13.3 Å². The monoisotopic (exact) mass is 368 g/mol. The Morgan fingerprint density at radius 1 is 1.22 bits per heavy atom. The van der Waals surface area contributed by atoms with Gasteiger partial charge in [0.2, 0.25) is 0 Å². The van der Waals surface area contributed by atoms with E-state index in [2.05, 4.69) is 20.2 Å². The van der Waals surface area contributed by atoms with Crippen LogP contribution < -0.4 is 10.2 Å². The molecule has 0 atom stereocenters. The lowest BCUT2D eigenvalue weighted by Crippen LogP contribution is -2.29. The number of aromatic amines is 1. The quantitative estimate of drug-likeness (QED) is 0.752. The molecule has 0 spiro atoms. The van der Waals surface area contributed by atoms with Crippen LogP contribution >= 0.6 is 0 Å². The number of H-pyrrole nitrogens is 1. The highest BCUT2D eigenvalue weighted by Crippen LogP contribution is 2.23. The van der Waals surface area contributed by atoms with E-state index in [0.29, 0.717) is 23.5 Å². The van der Waals surface area contributed by atoms with Crippen LogP contribution in [0, 0.1) is 6.92 Å². The van der Waals surface area contributed by atoms with E-state index in [9.17, 15) is 9.59 Å². The number of hydrogen-bond donors (Lipinski definition) is 2. The lowest BCUT2D eigenvalue weighted by Gasteiger charge is -2.28. The molecule has 0 aromatic carbocycles. The van der Waals surface area contributed by atoms with Crippen molar-refractivity contribution in [3.8, 4) is 0 Å². The van der Waals surface area contributed by atoms with Crippen LogP contribution in [0.4, 0.5) is 11.5 Å². The molecule has 1 aliphatic heterocycles. The number of hydrogen-bond acceptors (Lipinski definition) is 4. The Bertz CT molecular complexity index is 817. The molecule has 2 aromatic heterocycles. The molecule has 0 aliphatic carbocycles. The summed E-state index contributed by atoms with van der Waals surface area (Å²) in [4.78, 5) is 34.6. The van der Waals surface area contributed by atoms with E-state index < -0.39 is 0 Å². The molecule has 3 heterocycles. The summed E-state index contributed by atoms with van der Waals surface area (Å²) in [5.41, 5.74) is 3.72. The maximum Gasteiger partial charge on any atom is 0.273 e. The highest BCUT2D eigenvalue weighted by Gasteiger charge is 2.22. The Morgan fingerprint density at radius 2 is 1.96 bits per heavy atom. The normalized spacial score (nSPS) is 14.3. The van der Waals surface area contributed by atoms with Crippen molar-refractivity contribution < 1.29 is 9.59 Å². The largest absolute Gasteiger partial charge is 0.370 e. The third kappa shape index (κ3) is 4.21. The average Bonchev–Trinajstić information content (AvgIpc) is 3.00. The van der Waals surface area contributed by atoms with Crippen molar-refractivity contribution in [1.29, 1.82) is 0 Å². The number of nitrogens with zero attached hydrogens (tertiary/aromatic N) is 2. The number of piperidine rings is 1. The molecule has 1 fully saturated rings. The van der Waals surface area contributed by atoms with Crippen molar-refractivity contribution in [2.75, 3.05) is 23.3 Å². The van der Waals surface area contributed by atoms with Crippen LogP contribution in [0.3, 0.4) is 0 Å². The van der Waals surface area contributed by atoms with Crippen molar-refractivity contribution in [3.63, 3.8) is 0 Å². The first-order valence-electron chi connectivity index (χ1n) is 9.76. The second-order valence-electron chi connectivity index (χ2n) is 7.19. The minimum absolute atomic E-state index is 0.0183. The van der Waals surface area contributed by atoms with Crippen molar-refractivity contribution in [1.82, 2.24) is 9.97 Å². The summed E-state index contributed by atoms with van der Waals surface area (Å²) in [5, 5.41) is 2.86. The first-order chi connectivity index (χ1) is 13.0. The Kier molecular flexibility index (Phi) is 5.94. The van der Waals surface area contributed by atoms with Gasteiger partial charge in [-0.15, -0.1) is 0 Å². The molecular formula is C21H28N4O2. The second kappa shape index (κ2) is 8.37. The van der Waals surface area contributed by atoms with Crippen molar-refractivity contribution in [2.24, 2.45) is 0 Å². The number of pyridine rings is 1. The number of ketones is 1. The van der Waals surface area contributed by atoms with E-state index in [1.807, 2.05) is 32.2 Å². The van der Waals surface area contributed by atoms with E-state index in [1.165, 1.54) is 26.2 Å². The lowest BCUT2D eigenvalue weighted by molar-refractivity contribution is 0.101. The predicted molar refractivity (Wildman–Crippen MR) is 108 cm³/mol. The van der Waals surface area contributed by atoms with Crippen LogP contribution in [0.2, 0.25) is 0 Å². The van der Waals surface area contributed by atoms with Crippen molar-refractivity contribution >= 4 is 23.2 Å². The summed E-state index contributed by atoms with van der Waals surface area (Å²) < 4.78 is 0. The smallest absolute Gasteiger partial charge is 0.273 e. The summed E-state index contributed by atoms with van der Waals surface area (Å²) >= 11 is 0. The number of aryl methyl sites for hydroxylation is 1. The van der Waals surface area contributed by atoms with Gasteiger partial charge in [-0.3, -0.25) is 9.59 Å². The van der Waals surface area contributed by atoms with Gasteiger partial charge in [0.15, 0.2) is 5.78 Å². The van der Waals surface area contributed by atoms with Gasteiger partial charge in [-0.05, 0) is 57.2 Å². The molecule has 3 rings (SSSR count). The number of rotatable bonds is 6. The molecule has 6 heteroatoms. The highest BCUT2D eigenvalue weighted by atomic mass is 16.2. The Morgan fingerprint density at radius 3 is 2.56 bits per heavy atom. The Labute approximate surface area is 160 Å². The fourth-order valence-corrected chi connectivity index (χ4v) is 3.83. The third-order valence-electron chi connectivity index (χ3n) is 5.08. The van der Waals surface area contributed by atoms with Crippen LogP contribution in [0.15, 0.2) is 18.3 Å². The van der Waals surface area contributed by atoms with Gasteiger partial charge in [-0.2, -0.15) is 0 Å². The van der Waals surface area contributed by atoms with Gasteiger partial charge < -0.3 is 15.2 Å². The zero-order valence-corrected chi connectivity index (χ0v) is 16.4. The zero-order chi connectivity index (χ0) is 19.4. The highest BCUT2D eigenvalue weighted by molar-refractivity contribution is 6.07. The molecule has 27 heavy (non-hydrogen) atoms. The van der Waals surface area contributed by atoms with Gasteiger partial charge in [-0.25, -0.2) is 4.98 Å². The molecule has 1 aliphatic rings. The van der Waals surface area contributed by atoms with Crippen LogP contribution in [0.5, 0.6) is 0 Å². The van der Waals surface area contributed by atoms with E-state index in [4.69, 9.17) is 0 Å². The average molecular weight is 368 g/mol. The molecular weight excluding hydrogens is 340 g/mol. The first kappa shape index (κ1) is 19.1. The van der Waals surface area contributed by atoms with Gasteiger partial charge in [0.1, 0.15) is 11.5 Å². The SMILES string of the molecule is CCCc1c(C(=O)Nc2ccc(N3CCCCC3)cn2)[nH]c(C)c1C(C)=O. The first-order valence-corrected chi connectivity index (χ1v) is 9.76. The molecule has 1 saturated heterocycles. The number of Topliss-reactive ketones (excluding diaryl/α,β-unsaturated/α-hetero) is 1. The minimum atomic E-state index is -0.257. The lowest BCUT2D eigenvalue weighted by atomic mass is 10.0. The maximum atomic E-state index is 12.8. The zero-order valence-electron chi connectivity index (χ0n) is 16.4. The van der Waals surface area contributed by atoms with Crippen LogP contribution in [0.1, 0.15) is 71.6 Å². The fraction of sp³-hybridized carbons (Fsp3) is 0.476. The molecule has 144 valence electrons. The molecule has 0 radical (unpaired) electrons. The summed E-state index contributed by atoms with van der Waals surface area (Å²) in [6.45, 7) is 7.53. The van der Waals surface area contributed by atoms with Gasteiger partial charge in [0.05, 0.1) is 11.9 Å². The molecule has 0 saturated carbocycles. The number of amides is 1. The Hall–Kier alpha value is -2.63. The van der Waals surface area contributed by atoms with Crippen molar-refractivity contribution in [2.45, 2.75) is 52.9 Å². The standard InChI is InChI=1S/C21H28N4O2/c1-4-8-17-19(15(3)26)14(2)23-20(17)21(27)24-18-10-9-16(13-22-18)25-11-6-5-7-12-25/h9-10,13,23H,4-8,11-12H2,1-3H3,(H,22,24,27). The minimum Gasteiger partial charge on any atom is -0.370 e. The molecule has 6 nitrogen and oxygen atoms in total. The van der Waals surface area contributed by atoms with Gasteiger partial charge >= 0.3 is 0 Å². The summed E-state index contributed by atoms with van der Waals surface area (Å²) in [5.74, 6) is 0.238. The topological polar surface area (TPSA) is 78.1 Å². The third-order valence-corrected chi connectivity index (χ3v) is 5.08. The van der Waals surface area contributed by atoms with Gasteiger partial charge in [0.25, 0.3) is 5.91 Å². The van der Waals surface area contributed by atoms with Gasteiger partial charge in [0, 0.05) is 24.3 Å². The number of nitrogens with one attached hydrogen (secondary N) is 2. The van der Waals surface area contributed by atoms with E-state index >= 15 is 0 Å². The summed E-state index contributed by atoms with van der Waals surface area (Å²) in [6, 6.07) is 3.84. The maximum absolute atomic E-state index is 12.8. The number of carbonyl (C=O) groups is 2. The predicted octanol–water partition coefficient (Wildman–Crippen LogP) is 4.12.